The number of benzene rings is 2. The summed E-state index contributed by atoms with van der Waals surface area (Å²) in [6, 6.07) is 12.6. The Labute approximate surface area is 110 Å². The summed E-state index contributed by atoms with van der Waals surface area (Å²) in [5, 5.41) is 0. The molecule has 0 fully saturated rings. The van der Waals surface area contributed by atoms with Gasteiger partial charge in [-0.15, -0.1) is 0 Å². The van der Waals surface area contributed by atoms with E-state index in [1.54, 1.807) is 0 Å². The van der Waals surface area contributed by atoms with Crippen molar-refractivity contribution in [1.29, 1.82) is 0 Å². The molecule has 0 saturated heterocycles. The SMILES string of the molecule is Cc1cc2c(cc1C)-c1ccccc1OB2Br. The first-order chi connectivity index (χ1) is 8.16. The van der Waals surface area contributed by atoms with E-state index in [4.69, 9.17) is 4.65 Å². The summed E-state index contributed by atoms with van der Waals surface area (Å²) in [5.74, 6) is 0.949. The molecule has 0 saturated carbocycles. The zero-order chi connectivity index (χ0) is 12.0. The number of halogens is 1. The molecule has 0 unspecified atom stereocenters. The number of hydrogen-bond acceptors (Lipinski definition) is 1. The van der Waals surface area contributed by atoms with Gasteiger partial charge < -0.3 is 4.65 Å². The lowest BCUT2D eigenvalue weighted by Gasteiger charge is -2.24. The second-order valence-corrected chi connectivity index (χ2v) is 5.29. The van der Waals surface area contributed by atoms with Crippen molar-refractivity contribution in [3.63, 3.8) is 0 Å². The molecule has 0 aromatic heterocycles. The summed E-state index contributed by atoms with van der Waals surface area (Å²) in [6.07, 6.45) is 0. The standard InChI is InChI=1S/C14H12BBrO/c1-9-7-12-11-5-3-4-6-14(11)17-15(16)13(12)8-10(9)2/h3-8H,1-2H3. The summed E-state index contributed by atoms with van der Waals surface area (Å²) >= 11 is 3.59. The lowest BCUT2D eigenvalue weighted by atomic mass is 9.76. The summed E-state index contributed by atoms with van der Waals surface area (Å²) in [4.78, 5) is 0. The van der Waals surface area contributed by atoms with E-state index in [1.165, 1.54) is 27.7 Å². The zero-order valence-electron chi connectivity index (χ0n) is 9.83. The molecule has 0 aliphatic carbocycles. The summed E-state index contributed by atoms with van der Waals surface area (Å²) in [6.45, 7) is 4.28. The van der Waals surface area contributed by atoms with Crippen LogP contribution in [0.25, 0.3) is 11.1 Å². The van der Waals surface area contributed by atoms with Gasteiger partial charge in [0.2, 0.25) is 0 Å². The highest BCUT2D eigenvalue weighted by molar-refractivity contribution is 9.24. The predicted octanol–water partition coefficient (Wildman–Crippen LogP) is 3.45. The van der Waals surface area contributed by atoms with Crippen molar-refractivity contribution in [1.82, 2.24) is 0 Å². The molecule has 1 aliphatic heterocycles. The minimum atomic E-state index is -0.0494. The van der Waals surface area contributed by atoms with Crippen LogP contribution in [-0.4, -0.2) is 5.74 Å². The topological polar surface area (TPSA) is 9.23 Å². The molecule has 1 nitrogen and oxygen atoms in total. The minimum absolute atomic E-state index is 0.0494. The molecule has 1 heterocycles. The van der Waals surface area contributed by atoms with E-state index in [0.717, 1.165) is 5.75 Å². The molecule has 2 aromatic carbocycles. The van der Waals surface area contributed by atoms with Crippen molar-refractivity contribution in [2.24, 2.45) is 0 Å². The Hall–Kier alpha value is -1.22. The molecule has 0 amide bonds. The molecule has 3 rings (SSSR count). The molecular weight excluding hydrogens is 275 g/mol. The second kappa shape index (κ2) is 3.92. The number of hydrogen-bond donors (Lipinski definition) is 0. The van der Waals surface area contributed by atoms with Gasteiger partial charge in [0.25, 0.3) is 0 Å². The van der Waals surface area contributed by atoms with Crippen LogP contribution in [0.3, 0.4) is 0 Å². The van der Waals surface area contributed by atoms with Gasteiger partial charge in [-0.25, -0.2) is 0 Å². The van der Waals surface area contributed by atoms with Crippen LogP contribution in [0.4, 0.5) is 0 Å². The van der Waals surface area contributed by atoms with E-state index in [-0.39, 0.29) is 5.74 Å². The largest absolute Gasteiger partial charge is 0.546 e. The number of aryl methyl sites for hydroxylation is 2. The van der Waals surface area contributed by atoms with Gasteiger partial charge in [0, 0.05) is 5.56 Å². The minimum Gasteiger partial charge on any atom is -0.546 e. The maximum atomic E-state index is 5.87. The third-order valence-corrected chi connectivity index (χ3v) is 4.00. The van der Waals surface area contributed by atoms with E-state index >= 15 is 0 Å². The van der Waals surface area contributed by atoms with Crippen molar-refractivity contribution in [2.75, 3.05) is 0 Å². The van der Waals surface area contributed by atoms with Crippen molar-refractivity contribution in [3.05, 3.63) is 47.5 Å². The molecule has 0 atom stereocenters. The third kappa shape index (κ3) is 1.69. The van der Waals surface area contributed by atoms with E-state index < -0.39 is 0 Å². The Balaban J connectivity index is 2.31. The van der Waals surface area contributed by atoms with E-state index in [0.29, 0.717) is 0 Å². The molecular formula is C14H12BBrO. The van der Waals surface area contributed by atoms with Crippen LogP contribution in [0.5, 0.6) is 5.75 Å². The smallest absolute Gasteiger partial charge is 0.471 e. The van der Waals surface area contributed by atoms with Crippen LogP contribution < -0.4 is 10.1 Å². The fraction of sp³-hybridized carbons (Fsp3) is 0.143. The molecule has 2 aromatic rings. The highest BCUT2D eigenvalue weighted by Gasteiger charge is 2.28. The maximum Gasteiger partial charge on any atom is 0.471 e. The fourth-order valence-electron chi connectivity index (χ4n) is 2.23. The first-order valence-corrected chi connectivity index (χ1v) is 6.59. The monoisotopic (exact) mass is 286 g/mol. The van der Waals surface area contributed by atoms with Gasteiger partial charge in [0.15, 0.2) is 0 Å². The molecule has 0 radical (unpaired) electrons. The van der Waals surface area contributed by atoms with Crippen LogP contribution in [0, 0.1) is 13.8 Å². The Morgan fingerprint density at radius 1 is 1.00 bits per heavy atom. The Morgan fingerprint density at radius 2 is 1.71 bits per heavy atom. The Bertz CT molecular complexity index is 595. The van der Waals surface area contributed by atoms with Gasteiger partial charge in [0.1, 0.15) is 5.75 Å². The van der Waals surface area contributed by atoms with Crippen LogP contribution in [0.2, 0.25) is 0 Å². The van der Waals surface area contributed by atoms with Gasteiger partial charge >= 0.3 is 5.74 Å². The molecule has 1 aliphatic rings. The maximum absolute atomic E-state index is 5.87. The Kier molecular flexibility index (Phi) is 2.51. The van der Waals surface area contributed by atoms with Gasteiger partial charge in [0.05, 0.1) is 0 Å². The van der Waals surface area contributed by atoms with Crippen molar-refractivity contribution < 1.29 is 4.65 Å². The molecule has 0 spiro atoms. The molecule has 3 heteroatoms. The zero-order valence-corrected chi connectivity index (χ0v) is 11.4. The number of fused-ring (bicyclic) bond motifs is 3. The molecule has 0 bridgehead atoms. The summed E-state index contributed by atoms with van der Waals surface area (Å²) < 4.78 is 5.87. The van der Waals surface area contributed by atoms with E-state index in [1.807, 2.05) is 12.1 Å². The number of rotatable bonds is 0. The average molecular weight is 287 g/mol. The van der Waals surface area contributed by atoms with Gasteiger partial charge in [-0.2, -0.15) is 0 Å². The molecule has 0 N–H and O–H groups in total. The normalized spacial score (nSPS) is 12.8. The van der Waals surface area contributed by atoms with E-state index in [9.17, 15) is 0 Å². The third-order valence-electron chi connectivity index (χ3n) is 3.32. The van der Waals surface area contributed by atoms with Crippen LogP contribution in [0.1, 0.15) is 11.1 Å². The summed E-state index contributed by atoms with van der Waals surface area (Å²) in [7, 11) is 0. The molecule has 84 valence electrons. The van der Waals surface area contributed by atoms with Crippen LogP contribution in [0.15, 0.2) is 36.4 Å². The van der Waals surface area contributed by atoms with Gasteiger partial charge in [-0.05, 0) is 42.1 Å². The highest BCUT2D eigenvalue weighted by Crippen LogP contribution is 2.34. The Morgan fingerprint density at radius 3 is 2.53 bits per heavy atom. The van der Waals surface area contributed by atoms with Crippen molar-refractivity contribution in [2.45, 2.75) is 13.8 Å². The number of para-hydroxylation sites is 1. The average Bonchev–Trinajstić information content (AvgIpc) is 2.32. The van der Waals surface area contributed by atoms with Crippen molar-refractivity contribution in [3.8, 4) is 16.9 Å². The van der Waals surface area contributed by atoms with Crippen molar-refractivity contribution >= 4 is 27.0 Å². The van der Waals surface area contributed by atoms with E-state index in [2.05, 4.69) is 53.9 Å². The van der Waals surface area contributed by atoms with Crippen LogP contribution >= 0.6 is 15.8 Å². The quantitative estimate of drug-likeness (QED) is 0.674. The first kappa shape index (κ1) is 10.9. The second-order valence-electron chi connectivity index (χ2n) is 4.45. The highest BCUT2D eigenvalue weighted by atomic mass is 79.9. The summed E-state index contributed by atoms with van der Waals surface area (Å²) in [5.41, 5.74) is 6.24. The fourth-order valence-corrected chi connectivity index (χ4v) is 2.81. The lowest BCUT2D eigenvalue weighted by molar-refractivity contribution is 0.599. The predicted molar refractivity (Wildman–Crippen MR) is 76.3 cm³/mol. The van der Waals surface area contributed by atoms with Crippen LogP contribution in [-0.2, 0) is 0 Å². The lowest BCUT2D eigenvalue weighted by Crippen LogP contribution is -2.35. The molecule has 17 heavy (non-hydrogen) atoms. The van der Waals surface area contributed by atoms with Gasteiger partial charge in [-0.3, -0.25) is 0 Å². The first-order valence-electron chi connectivity index (χ1n) is 5.68. The van der Waals surface area contributed by atoms with Gasteiger partial charge in [-0.1, -0.05) is 46.1 Å².